The molecule has 1 fully saturated rings. The van der Waals surface area contributed by atoms with Gasteiger partial charge in [0.05, 0.1) is 11.4 Å². The van der Waals surface area contributed by atoms with Crippen LogP contribution in [0.1, 0.15) is 45.6 Å². The molecule has 1 aromatic carbocycles. The molecule has 7 nitrogen and oxygen atoms in total. The fraction of sp³-hybridized carbons (Fsp3) is 0.650. The first-order valence-electron chi connectivity index (χ1n) is 10.1. The van der Waals surface area contributed by atoms with Crippen LogP contribution in [0.3, 0.4) is 0 Å². The quantitative estimate of drug-likeness (QED) is 0.451. The van der Waals surface area contributed by atoms with Gasteiger partial charge in [0.2, 0.25) is 10.0 Å². The molecule has 28 heavy (non-hydrogen) atoms. The lowest BCUT2D eigenvalue weighted by Gasteiger charge is -2.41. The van der Waals surface area contributed by atoms with Gasteiger partial charge in [0.25, 0.3) is 0 Å². The molecule has 0 saturated carbocycles. The number of hydrogen-bond acceptors (Lipinski definition) is 4. The van der Waals surface area contributed by atoms with E-state index in [1.807, 2.05) is 6.92 Å². The fourth-order valence-corrected chi connectivity index (χ4v) is 4.05. The van der Waals surface area contributed by atoms with Gasteiger partial charge in [-0.1, -0.05) is 18.6 Å². The van der Waals surface area contributed by atoms with E-state index in [1.54, 1.807) is 24.3 Å². The predicted molar refractivity (Wildman–Crippen MR) is 115 cm³/mol. The molecule has 0 bridgehead atoms. The minimum atomic E-state index is -3.41. The fourth-order valence-electron chi connectivity index (χ4n) is 3.32. The van der Waals surface area contributed by atoms with Crippen molar-refractivity contribution in [2.45, 2.75) is 57.0 Å². The lowest BCUT2D eigenvalue weighted by Crippen LogP contribution is -2.54. The first kappa shape index (κ1) is 22.6. The zero-order valence-corrected chi connectivity index (χ0v) is 18.4. The zero-order valence-electron chi connectivity index (χ0n) is 17.6. The van der Waals surface area contributed by atoms with Gasteiger partial charge in [-0.25, -0.2) is 18.1 Å². The summed E-state index contributed by atoms with van der Waals surface area (Å²) < 4.78 is 25.9. The summed E-state index contributed by atoms with van der Waals surface area (Å²) in [5.41, 5.74) is 1.03. The molecule has 1 aromatic rings. The van der Waals surface area contributed by atoms with Crippen LogP contribution in [0.15, 0.2) is 34.2 Å². The second-order valence-corrected chi connectivity index (χ2v) is 9.65. The monoisotopic (exact) mass is 409 g/mol. The molecule has 0 aromatic heterocycles. The summed E-state index contributed by atoms with van der Waals surface area (Å²) in [5.74, 6) is 0.777. The third-order valence-electron chi connectivity index (χ3n) is 5.17. The van der Waals surface area contributed by atoms with Crippen LogP contribution in [-0.4, -0.2) is 58.0 Å². The van der Waals surface area contributed by atoms with Crippen LogP contribution in [0, 0.1) is 0 Å². The molecule has 3 N–H and O–H groups in total. The van der Waals surface area contributed by atoms with Crippen LogP contribution in [0.25, 0.3) is 0 Å². The summed E-state index contributed by atoms with van der Waals surface area (Å²) in [5, 5.41) is 6.75. The molecule has 2 rings (SSSR count). The van der Waals surface area contributed by atoms with Crippen LogP contribution in [-0.2, 0) is 16.6 Å². The van der Waals surface area contributed by atoms with Gasteiger partial charge in [-0.2, -0.15) is 0 Å². The van der Waals surface area contributed by atoms with Crippen molar-refractivity contribution in [2.24, 2.45) is 4.99 Å². The van der Waals surface area contributed by atoms with Gasteiger partial charge in [0.15, 0.2) is 5.96 Å². The van der Waals surface area contributed by atoms with Gasteiger partial charge in [-0.3, -0.25) is 4.90 Å². The number of piperidine rings is 1. The second-order valence-electron chi connectivity index (χ2n) is 7.76. The Morgan fingerprint density at radius 1 is 1.11 bits per heavy atom. The molecule has 8 heteroatoms. The van der Waals surface area contributed by atoms with E-state index < -0.39 is 10.0 Å². The molecule has 0 spiro atoms. The van der Waals surface area contributed by atoms with Crippen molar-refractivity contribution in [3.05, 3.63) is 29.8 Å². The van der Waals surface area contributed by atoms with Crippen LogP contribution < -0.4 is 15.4 Å². The molecular formula is C20H35N5O2S. The first-order valence-corrected chi connectivity index (χ1v) is 11.6. The number of aliphatic imine (C=N–C) groups is 1. The zero-order chi connectivity index (χ0) is 20.6. The summed E-state index contributed by atoms with van der Waals surface area (Å²) in [6.45, 7) is 11.0. The van der Waals surface area contributed by atoms with Crippen molar-refractivity contribution < 1.29 is 8.42 Å². The Balaban J connectivity index is 1.98. The van der Waals surface area contributed by atoms with E-state index in [2.05, 4.69) is 39.1 Å². The number of nitrogens with one attached hydrogen (secondary N) is 3. The molecule has 1 heterocycles. The van der Waals surface area contributed by atoms with Gasteiger partial charge in [0.1, 0.15) is 0 Å². The molecule has 0 atom stereocenters. The van der Waals surface area contributed by atoms with E-state index in [-0.39, 0.29) is 10.4 Å². The molecule has 1 aliphatic heterocycles. The Morgan fingerprint density at radius 2 is 1.75 bits per heavy atom. The van der Waals surface area contributed by atoms with Gasteiger partial charge in [0, 0.05) is 18.6 Å². The van der Waals surface area contributed by atoms with Crippen molar-refractivity contribution in [1.82, 2.24) is 20.3 Å². The van der Waals surface area contributed by atoms with Gasteiger partial charge in [-0.05, 0) is 71.4 Å². The summed E-state index contributed by atoms with van der Waals surface area (Å²) in [6.07, 6.45) is 3.88. The minimum absolute atomic E-state index is 0.0692. The van der Waals surface area contributed by atoms with Crippen LogP contribution in [0.2, 0.25) is 0 Å². The van der Waals surface area contributed by atoms with E-state index in [9.17, 15) is 8.42 Å². The molecule has 0 amide bonds. The van der Waals surface area contributed by atoms with Gasteiger partial charge >= 0.3 is 0 Å². The maximum absolute atomic E-state index is 11.8. The van der Waals surface area contributed by atoms with Crippen molar-refractivity contribution in [1.29, 1.82) is 0 Å². The van der Waals surface area contributed by atoms with E-state index in [0.717, 1.165) is 37.7 Å². The molecule has 1 aliphatic rings. The third-order valence-corrected chi connectivity index (χ3v) is 6.60. The number of rotatable bonds is 8. The SMILES string of the molecule is CCNC(=NCc1ccc(S(=O)(=O)NC)cc1)NCC(C)(C)N1CCCCC1. The van der Waals surface area contributed by atoms with E-state index >= 15 is 0 Å². The third kappa shape index (κ3) is 6.46. The Bertz CT molecular complexity index is 738. The Morgan fingerprint density at radius 3 is 2.32 bits per heavy atom. The lowest BCUT2D eigenvalue weighted by atomic mass is 9.98. The summed E-state index contributed by atoms with van der Waals surface area (Å²) >= 11 is 0. The van der Waals surface area contributed by atoms with E-state index in [1.165, 1.54) is 26.3 Å². The van der Waals surface area contributed by atoms with Crippen LogP contribution in [0.4, 0.5) is 0 Å². The van der Waals surface area contributed by atoms with Crippen molar-refractivity contribution >= 4 is 16.0 Å². The van der Waals surface area contributed by atoms with E-state index in [4.69, 9.17) is 0 Å². The van der Waals surface area contributed by atoms with Crippen molar-refractivity contribution in [3.63, 3.8) is 0 Å². The molecule has 1 saturated heterocycles. The summed E-state index contributed by atoms with van der Waals surface area (Å²) in [4.78, 5) is 7.46. The Hall–Kier alpha value is -1.64. The standard InChI is InChI=1S/C20H35N5O2S/c1-5-22-19(24-16-20(2,3)25-13-7-6-8-14-25)23-15-17-9-11-18(12-10-17)28(26,27)21-4/h9-12,21H,5-8,13-16H2,1-4H3,(H2,22,23,24). The minimum Gasteiger partial charge on any atom is -0.357 e. The molecule has 158 valence electrons. The number of guanidine groups is 1. The topological polar surface area (TPSA) is 85.8 Å². The maximum atomic E-state index is 11.8. The highest BCUT2D eigenvalue weighted by molar-refractivity contribution is 7.89. The number of likely N-dealkylation sites (tertiary alicyclic amines) is 1. The van der Waals surface area contributed by atoms with Gasteiger partial charge in [-0.15, -0.1) is 0 Å². The van der Waals surface area contributed by atoms with Crippen LogP contribution >= 0.6 is 0 Å². The lowest BCUT2D eigenvalue weighted by molar-refractivity contribution is 0.0982. The number of sulfonamides is 1. The largest absolute Gasteiger partial charge is 0.357 e. The summed E-state index contributed by atoms with van der Waals surface area (Å²) in [7, 11) is -2.00. The number of nitrogens with zero attached hydrogens (tertiary/aromatic N) is 2. The highest BCUT2D eigenvalue weighted by atomic mass is 32.2. The smallest absolute Gasteiger partial charge is 0.240 e. The molecular weight excluding hydrogens is 374 g/mol. The Kier molecular flexibility index (Phi) is 8.27. The number of benzene rings is 1. The van der Waals surface area contributed by atoms with Crippen molar-refractivity contribution in [2.75, 3.05) is 33.2 Å². The number of hydrogen-bond donors (Lipinski definition) is 3. The highest BCUT2D eigenvalue weighted by Crippen LogP contribution is 2.19. The van der Waals surface area contributed by atoms with Crippen molar-refractivity contribution in [3.8, 4) is 0 Å². The molecule has 0 radical (unpaired) electrons. The second kappa shape index (κ2) is 10.2. The van der Waals surface area contributed by atoms with E-state index in [0.29, 0.717) is 6.54 Å². The average molecular weight is 410 g/mol. The Labute approximate surface area is 170 Å². The highest BCUT2D eigenvalue weighted by Gasteiger charge is 2.27. The maximum Gasteiger partial charge on any atom is 0.240 e. The molecule has 0 unspecified atom stereocenters. The summed E-state index contributed by atoms with van der Waals surface area (Å²) in [6, 6.07) is 6.82. The van der Waals surface area contributed by atoms with Gasteiger partial charge < -0.3 is 10.6 Å². The van der Waals surface area contributed by atoms with Crippen LogP contribution in [0.5, 0.6) is 0 Å². The average Bonchev–Trinajstić information content (AvgIpc) is 2.71. The first-order chi connectivity index (χ1) is 13.3. The predicted octanol–water partition coefficient (Wildman–Crippen LogP) is 1.91. The molecule has 0 aliphatic carbocycles. The normalized spacial score (nSPS) is 16.8.